The second kappa shape index (κ2) is 7.14. The zero-order valence-electron chi connectivity index (χ0n) is 12.1. The fraction of sp³-hybridized carbons (Fsp3) is 0.625. The predicted molar refractivity (Wildman–Crippen MR) is 75.7 cm³/mol. The second-order valence-corrected chi connectivity index (χ2v) is 5.77. The molecule has 0 unspecified atom stereocenters. The summed E-state index contributed by atoms with van der Waals surface area (Å²) in [5.41, 5.74) is 0.558. The van der Waals surface area contributed by atoms with Crippen molar-refractivity contribution in [1.82, 2.24) is 5.32 Å². The van der Waals surface area contributed by atoms with Gasteiger partial charge in [-0.05, 0) is 36.3 Å². The minimum atomic E-state index is -0.747. The first-order valence-electron chi connectivity index (χ1n) is 7.29. The molecule has 0 amide bonds. The van der Waals surface area contributed by atoms with Crippen LogP contribution < -0.4 is 5.32 Å². The van der Waals surface area contributed by atoms with E-state index in [0.717, 1.165) is 25.9 Å². The number of methoxy groups -OCH3 is 1. The van der Waals surface area contributed by atoms with Crippen molar-refractivity contribution in [2.24, 2.45) is 5.41 Å². The summed E-state index contributed by atoms with van der Waals surface area (Å²) in [6.45, 7) is 2.31. The van der Waals surface area contributed by atoms with Crippen LogP contribution in [0.2, 0.25) is 0 Å². The van der Waals surface area contributed by atoms with E-state index in [9.17, 15) is 8.78 Å². The van der Waals surface area contributed by atoms with Gasteiger partial charge in [0.1, 0.15) is 0 Å². The van der Waals surface area contributed by atoms with Crippen molar-refractivity contribution in [2.75, 3.05) is 26.8 Å². The Kier molecular flexibility index (Phi) is 5.49. The average molecular weight is 283 g/mol. The third-order valence-corrected chi connectivity index (χ3v) is 4.24. The topological polar surface area (TPSA) is 21.3 Å². The van der Waals surface area contributed by atoms with Crippen LogP contribution in [-0.2, 0) is 11.2 Å². The zero-order valence-corrected chi connectivity index (χ0v) is 12.1. The quantitative estimate of drug-likeness (QED) is 0.775. The van der Waals surface area contributed by atoms with E-state index < -0.39 is 11.6 Å². The largest absolute Gasteiger partial charge is 0.383 e. The van der Waals surface area contributed by atoms with Gasteiger partial charge < -0.3 is 10.1 Å². The van der Waals surface area contributed by atoms with Crippen molar-refractivity contribution in [2.45, 2.75) is 32.1 Å². The van der Waals surface area contributed by atoms with Gasteiger partial charge in [-0.3, -0.25) is 0 Å². The summed E-state index contributed by atoms with van der Waals surface area (Å²) in [6, 6.07) is 4.47. The van der Waals surface area contributed by atoms with Crippen molar-refractivity contribution in [1.29, 1.82) is 0 Å². The lowest BCUT2D eigenvalue weighted by molar-refractivity contribution is 0.189. The molecule has 0 aromatic heterocycles. The van der Waals surface area contributed by atoms with Crippen LogP contribution in [0.25, 0.3) is 0 Å². The molecule has 0 saturated heterocycles. The average Bonchev–Trinajstić information content (AvgIpc) is 2.89. The molecular weight excluding hydrogens is 260 g/mol. The van der Waals surface area contributed by atoms with Crippen LogP contribution in [0.5, 0.6) is 0 Å². The number of rotatable bonds is 7. The third-order valence-electron chi connectivity index (χ3n) is 4.24. The Hall–Kier alpha value is -1.00. The first-order chi connectivity index (χ1) is 9.67. The van der Waals surface area contributed by atoms with Gasteiger partial charge in [0.05, 0.1) is 6.61 Å². The smallest absolute Gasteiger partial charge is 0.162 e. The molecule has 0 heterocycles. The SMILES string of the molecule is COCCNCC1(Cc2cccc(F)c2F)CCCC1. The summed E-state index contributed by atoms with van der Waals surface area (Å²) >= 11 is 0. The highest BCUT2D eigenvalue weighted by atomic mass is 19.2. The molecule has 0 aliphatic heterocycles. The van der Waals surface area contributed by atoms with Crippen LogP contribution in [0.4, 0.5) is 8.78 Å². The van der Waals surface area contributed by atoms with Gasteiger partial charge in [-0.2, -0.15) is 0 Å². The van der Waals surface area contributed by atoms with Gasteiger partial charge in [0.25, 0.3) is 0 Å². The van der Waals surface area contributed by atoms with Gasteiger partial charge in [0, 0.05) is 20.2 Å². The molecule has 2 rings (SSSR count). The number of benzene rings is 1. The maximum Gasteiger partial charge on any atom is 0.162 e. The summed E-state index contributed by atoms with van der Waals surface area (Å²) in [7, 11) is 1.68. The lowest BCUT2D eigenvalue weighted by Gasteiger charge is -2.30. The third kappa shape index (κ3) is 3.76. The van der Waals surface area contributed by atoms with Gasteiger partial charge in [0.2, 0.25) is 0 Å². The van der Waals surface area contributed by atoms with E-state index in [4.69, 9.17) is 4.74 Å². The highest BCUT2D eigenvalue weighted by molar-refractivity contribution is 5.21. The van der Waals surface area contributed by atoms with E-state index in [1.807, 2.05) is 0 Å². The lowest BCUT2D eigenvalue weighted by Crippen LogP contribution is -2.35. The van der Waals surface area contributed by atoms with Gasteiger partial charge in [-0.25, -0.2) is 8.78 Å². The van der Waals surface area contributed by atoms with Crippen molar-refractivity contribution < 1.29 is 13.5 Å². The van der Waals surface area contributed by atoms with Crippen molar-refractivity contribution in [3.63, 3.8) is 0 Å². The molecule has 1 fully saturated rings. The molecule has 112 valence electrons. The standard InChI is InChI=1S/C16H23F2NO/c1-20-10-9-19-12-16(7-2-3-8-16)11-13-5-4-6-14(17)15(13)18/h4-6,19H,2-3,7-12H2,1H3. The number of nitrogens with one attached hydrogen (secondary N) is 1. The minimum Gasteiger partial charge on any atom is -0.383 e. The Morgan fingerprint density at radius 2 is 2.00 bits per heavy atom. The summed E-state index contributed by atoms with van der Waals surface area (Å²) in [5, 5.41) is 3.38. The van der Waals surface area contributed by atoms with Crippen molar-refractivity contribution in [3.8, 4) is 0 Å². The molecule has 1 saturated carbocycles. The molecule has 0 radical (unpaired) electrons. The molecule has 4 heteroatoms. The van der Waals surface area contributed by atoms with Crippen LogP contribution in [0, 0.1) is 17.0 Å². The lowest BCUT2D eigenvalue weighted by atomic mass is 9.79. The summed E-state index contributed by atoms with van der Waals surface area (Å²) in [6.07, 6.45) is 5.09. The fourth-order valence-electron chi connectivity index (χ4n) is 3.16. The minimum absolute atomic E-state index is 0.0579. The summed E-state index contributed by atoms with van der Waals surface area (Å²) in [4.78, 5) is 0. The Bertz CT molecular complexity index is 430. The molecule has 1 aromatic carbocycles. The predicted octanol–water partition coefficient (Wildman–Crippen LogP) is 3.30. The number of ether oxygens (including phenoxy) is 1. The highest BCUT2D eigenvalue weighted by Crippen LogP contribution is 2.41. The first-order valence-corrected chi connectivity index (χ1v) is 7.29. The van der Waals surface area contributed by atoms with Crippen molar-refractivity contribution in [3.05, 3.63) is 35.4 Å². The molecular formula is C16H23F2NO. The maximum absolute atomic E-state index is 13.9. The molecule has 0 atom stereocenters. The van der Waals surface area contributed by atoms with E-state index in [1.54, 1.807) is 19.2 Å². The van der Waals surface area contributed by atoms with E-state index in [-0.39, 0.29) is 5.41 Å². The summed E-state index contributed by atoms with van der Waals surface area (Å²) in [5.74, 6) is -1.43. The van der Waals surface area contributed by atoms with Gasteiger partial charge in [-0.1, -0.05) is 25.0 Å². The molecule has 1 N–H and O–H groups in total. The highest BCUT2D eigenvalue weighted by Gasteiger charge is 2.34. The van der Waals surface area contributed by atoms with Crippen LogP contribution in [0.1, 0.15) is 31.2 Å². The van der Waals surface area contributed by atoms with Crippen LogP contribution in [-0.4, -0.2) is 26.8 Å². The molecule has 1 aromatic rings. The second-order valence-electron chi connectivity index (χ2n) is 5.77. The van der Waals surface area contributed by atoms with E-state index in [2.05, 4.69) is 5.32 Å². The fourth-order valence-corrected chi connectivity index (χ4v) is 3.16. The first kappa shape index (κ1) is 15.4. The molecule has 2 nitrogen and oxygen atoms in total. The number of hydrogen-bond acceptors (Lipinski definition) is 2. The number of halogens is 2. The van der Waals surface area contributed by atoms with Crippen LogP contribution in [0.15, 0.2) is 18.2 Å². The normalized spacial score (nSPS) is 17.6. The number of hydrogen-bond donors (Lipinski definition) is 1. The Balaban J connectivity index is 2.03. The Morgan fingerprint density at radius 3 is 2.70 bits per heavy atom. The van der Waals surface area contributed by atoms with Crippen LogP contribution >= 0.6 is 0 Å². The molecule has 0 bridgehead atoms. The molecule has 1 aliphatic rings. The monoisotopic (exact) mass is 283 g/mol. The molecule has 1 aliphatic carbocycles. The molecule has 0 spiro atoms. The van der Waals surface area contributed by atoms with E-state index in [1.165, 1.54) is 18.9 Å². The summed E-state index contributed by atoms with van der Waals surface area (Å²) < 4.78 is 32.2. The maximum atomic E-state index is 13.9. The zero-order chi connectivity index (χ0) is 14.4. The van der Waals surface area contributed by atoms with Gasteiger partial charge in [0.15, 0.2) is 11.6 Å². The van der Waals surface area contributed by atoms with Gasteiger partial charge in [-0.15, -0.1) is 0 Å². The Morgan fingerprint density at radius 1 is 1.25 bits per heavy atom. The Labute approximate surface area is 119 Å². The van der Waals surface area contributed by atoms with Crippen LogP contribution in [0.3, 0.4) is 0 Å². The van der Waals surface area contributed by atoms with E-state index in [0.29, 0.717) is 18.6 Å². The molecule has 20 heavy (non-hydrogen) atoms. The van der Waals surface area contributed by atoms with Gasteiger partial charge >= 0.3 is 0 Å². The van der Waals surface area contributed by atoms with E-state index >= 15 is 0 Å². The van der Waals surface area contributed by atoms with Crippen molar-refractivity contribution >= 4 is 0 Å².